The van der Waals surface area contributed by atoms with Crippen LogP contribution in [0, 0.1) is 0 Å². The van der Waals surface area contributed by atoms with Crippen LogP contribution in [0.2, 0.25) is 0 Å². The van der Waals surface area contributed by atoms with E-state index in [4.69, 9.17) is 4.42 Å². The van der Waals surface area contributed by atoms with Crippen LogP contribution >= 0.6 is 23.1 Å². The van der Waals surface area contributed by atoms with Gasteiger partial charge in [-0.05, 0) is 19.1 Å². The quantitative estimate of drug-likeness (QED) is 0.552. The fourth-order valence-corrected chi connectivity index (χ4v) is 3.50. The first-order valence-corrected chi connectivity index (χ1v) is 8.28. The molecule has 1 N–H and O–H groups in total. The van der Waals surface area contributed by atoms with Crippen molar-refractivity contribution < 1.29 is 9.21 Å². The summed E-state index contributed by atoms with van der Waals surface area (Å²) in [5.74, 6) is 0.636. The van der Waals surface area contributed by atoms with Crippen LogP contribution < -0.4 is 5.32 Å². The van der Waals surface area contributed by atoms with Crippen LogP contribution in [-0.2, 0) is 0 Å². The second-order valence-corrected chi connectivity index (χ2v) is 6.46. The van der Waals surface area contributed by atoms with Gasteiger partial charge in [-0.1, -0.05) is 41.3 Å². The van der Waals surface area contributed by atoms with Gasteiger partial charge in [0.2, 0.25) is 10.9 Å². The molecular formula is C14H13N3O2S2. The van der Waals surface area contributed by atoms with Crippen LogP contribution in [0.25, 0.3) is 11.0 Å². The maximum atomic E-state index is 12.1. The van der Waals surface area contributed by atoms with E-state index in [1.54, 1.807) is 6.07 Å². The number of fused-ring (bicyclic) bond motifs is 1. The second-order valence-electron chi connectivity index (χ2n) is 4.26. The molecule has 108 valence electrons. The van der Waals surface area contributed by atoms with Crippen molar-refractivity contribution in [3.05, 3.63) is 36.1 Å². The molecule has 0 radical (unpaired) electrons. The summed E-state index contributed by atoms with van der Waals surface area (Å²) in [6, 6.07) is 9.37. The highest BCUT2D eigenvalue weighted by Crippen LogP contribution is 2.27. The smallest absolute Gasteiger partial charge is 0.208 e. The molecule has 0 saturated heterocycles. The third-order valence-corrected chi connectivity index (χ3v) is 4.78. The van der Waals surface area contributed by atoms with E-state index >= 15 is 0 Å². The van der Waals surface area contributed by atoms with Gasteiger partial charge in [0.15, 0.2) is 10.1 Å². The van der Waals surface area contributed by atoms with E-state index in [0.29, 0.717) is 11.5 Å². The van der Waals surface area contributed by atoms with Gasteiger partial charge in [-0.25, -0.2) is 0 Å². The number of rotatable bonds is 6. The maximum absolute atomic E-state index is 12.1. The minimum absolute atomic E-state index is 0.0450. The normalized spacial score (nSPS) is 10.9. The highest BCUT2D eigenvalue weighted by Gasteiger charge is 2.14. The third-order valence-electron chi connectivity index (χ3n) is 2.76. The standard InChI is InChI=1S/C14H13N3O2S2/c1-2-15-13-16-17-14(21-13)20-8-10(18)12-7-9-5-3-4-6-11(9)19-12/h3-7H,2,8H2,1H3,(H,15,16). The highest BCUT2D eigenvalue weighted by atomic mass is 32.2. The molecule has 3 aromatic rings. The number of hydrogen-bond donors (Lipinski definition) is 1. The number of Topliss-reactive ketones (excluding diaryl/α,β-unsaturated/α-hetero) is 1. The van der Waals surface area contributed by atoms with Gasteiger partial charge < -0.3 is 9.73 Å². The number of aromatic nitrogens is 2. The van der Waals surface area contributed by atoms with E-state index in [-0.39, 0.29) is 5.78 Å². The van der Waals surface area contributed by atoms with Gasteiger partial charge in [0.1, 0.15) is 5.58 Å². The van der Waals surface area contributed by atoms with Crippen LogP contribution in [-0.4, -0.2) is 28.3 Å². The molecule has 0 spiro atoms. The number of furan rings is 1. The van der Waals surface area contributed by atoms with Gasteiger partial charge in [-0.3, -0.25) is 4.79 Å². The average molecular weight is 319 g/mol. The lowest BCUT2D eigenvalue weighted by atomic mass is 10.2. The number of nitrogens with one attached hydrogen (secondary N) is 1. The topological polar surface area (TPSA) is 68.0 Å². The molecular weight excluding hydrogens is 306 g/mol. The summed E-state index contributed by atoms with van der Waals surface area (Å²) >= 11 is 2.82. The SMILES string of the molecule is CCNc1nnc(SCC(=O)c2cc3ccccc3o2)s1. The van der Waals surface area contributed by atoms with Crippen molar-refractivity contribution in [2.75, 3.05) is 17.6 Å². The summed E-state index contributed by atoms with van der Waals surface area (Å²) in [7, 11) is 0. The molecule has 2 aromatic heterocycles. The minimum atomic E-state index is -0.0450. The predicted octanol–water partition coefficient (Wildman–Crippen LogP) is 3.69. The average Bonchev–Trinajstić information content (AvgIpc) is 3.11. The van der Waals surface area contributed by atoms with Gasteiger partial charge in [-0.15, -0.1) is 10.2 Å². The Morgan fingerprint density at radius 2 is 2.24 bits per heavy atom. The number of anilines is 1. The summed E-state index contributed by atoms with van der Waals surface area (Å²) in [5.41, 5.74) is 0.733. The Morgan fingerprint density at radius 3 is 3.05 bits per heavy atom. The number of nitrogens with zero attached hydrogens (tertiary/aromatic N) is 2. The van der Waals surface area contributed by atoms with E-state index in [9.17, 15) is 4.79 Å². The number of carbonyl (C=O) groups is 1. The largest absolute Gasteiger partial charge is 0.453 e. The molecule has 3 rings (SSSR count). The Labute approximate surface area is 129 Å². The maximum Gasteiger partial charge on any atom is 0.208 e. The van der Waals surface area contributed by atoms with Crippen LogP contribution in [0.4, 0.5) is 5.13 Å². The van der Waals surface area contributed by atoms with E-state index < -0.39 is 0 Å². The Bertz CT molecular complexity index is 733. The van der Waals surface area contributed by atoms with Crippen molar-refractivity contribution in [1.29, 1.82) is 0 Å². The minimum Gasteiger partial charge on any atom is -0.453 e. The molecule has 1 aromatic carbocycles. The van der Waals surface area contributed by atoms with Crippen LogP contribution in [0.5, 0.6) is 0 Å². The second kappa shape index (κ2) is 6.28. The molecule has 21 heavy (non-hydrogen) atoms. The van der Waals surface area contributed by atoms with Crippen LogP contribution in [0.3, 0.4) is 0 Å². The zero-order chi connectivity index (χ0) is 14.7. The van der Waals surface area contributed by atoms with Crippen LogP contribution in [0.1, 0.15) is 17.5 Å². The molecule has 0 fully saturated rings. The lowest BCUT2D eigenvalue weighted by molar-refractivity contribution is 0.0994. The van der Waals surface area contributed by atoms with Crippen molar-refractivity contribution in [2.24, 2.45) is 0 Å². The molecule has 0 unspecified atom stereocenters. The summed E-state index contributed by atoms with van der Waals surface area (Å²) < 4.78 is 6.33. The van der Waals surface area contributed by atoms with Crippen molar-refractivity contribution in [2.45, 2.75) is 11.3 Å². The molecule has 0 amide bonds. The first kappa shape index (κ1) is 14.1. The lowest BCUT2D eigenvalue weighted by Gasteiger charge is -1.94. The molecule has 7 heteroatoms. The fraction of sp³-hybridized carbons (Fsp3) is 0.214. The Balaban J connectivity index is 1.65. The number of ketones is 1. The van der Waals surface area contributed by atoms with Gasteiger partial charge in [0, 0.05) is 11.9 Å². The van der Waals surface area contributed by atoms with Crippen molar-refractivity contribution >= 4 is 45.0 Å². The summed E-state index contributed by atoms with van der Waals surface area (Å²) in [6.45, 7) is 2.80. The number of hydrogen-bond acceptors (Lipinski definition) is 7. The first-order chi connectivity index (χ1) is 10.3. The summed E-state index contributed by atoms with van der Waals surface area (Å²) in [4.78, 5) is 12.1. The van der Waals surface area contributed by atoms with Crippen molar-refractivity contribution in [1.82, 2.24) is 10.2 Å². The zero-order valence-corrected chi connectivity index (χ0v) is 13.0. The van der Waals surface area contributed by atoms with Gasteiger partial charge in [0.25, 0.3) is 0 Å². The fourth-order valence-electron chi connectivity index (χ4n) is 1.81. The summed E-state index contributed by atoms with van der Waals surface area (Å²) in [6.07, 6.45) is 0. The van der Waals surface area contributed by atoms with Gasteiger partial charge >= 0.3 is 0 Å². The number of para-hydroxylation sites is 1. The Hall–Kier alpha value is -1.86. The highest BCUT2D eigenvalue weighted by molar-refractivity contribution is 8.01. The number of thioether (sulfide) groups is 1. The molecule has 2 heterocycles. The van der Waals surface area contributed by atoms with Gasteiger partial charge in [0.05, 0.1) is 5.75 Å². The summed E-state index contributed by atoms with van der Waals surface area (Å²) in [5, 5.41) is 12.8. The van der Waals surface area contributed by atoms with E-state index in [0.717, 1.165) is 27.0 Å². The molecule has 0 aliphatic heterocycles. The molecule has 0 saturated carbocycles. The van der Waals surface area contributed by atoms with Crippen molar-refractivity contribution in [3.8, 4) is 0 Å². The Morgan fingerprint density at radius 1 is 1.38 bits per heavy atom. The first-order valence-electron chi connectivity index (χ1n) is 6.48. The molecule has 0 aliphatic rings. The van der Waals surface area contributed by atoms with Gasteiger partial charge in [-0.2, -0.15) is 0 Å². The monoisotopic (exact) mass is 319 g/mol. The molecule has 0 atom stereocenters. The van der Waals surface area contributed by atoms with E-state index in [1.807, 2.05) is 31.2 Å². The molecule has 0 aliphatic carbocycles. The molecule has 0 bridgehead atoms. The Kier molecular flexibility index (Phi) is 4.21. The van der Waals surface area contributed by atoms with Crippen molar-refractivity contribution in [3.63, 3.8) is 0 Å². The van der Waals surface area contributed by atoms with E-state index in [2.05, 4.69) is 15.5 Å². The number of benzene rings is 1. The zero-order valence-electron chi connectivity index (χ0n) is 11.3. The third kappa shape index (κ3) is 3.25. The lowest BCUT2D eigenvalue weighted by Crippen LogP contribution is -2.00. The van der Waals surface area contributed by atoms with E-state index in [1.165, 1.54) is 23.1 Å². The number of carbonyl (C=O) groups excluding carboxylic acids is 1. The molecule has 5 nitrogen and oxygen atoms in total. The van der Waals surface area contributed by atoms with Crippen LogP contribution in [0.15, 0.2) is 39.1 Å². The predicted molar refractivity (Wildman–Crippen MR) is 85.3 cm³/mol.